The molecule has 0 aliphatic heterocycles. The zero-order chi connectivity index (χ0) is 12.6. The first-order valence-electron chi connectivity index (χ1n) is 5.56. The summed E-state index contributed by atoms with van der Waals surface area (Å²) in [5, 5.41) is 0.775. The molecule has 1 unspecified atom stereocenters. The fourth-order valence-electron chi connectivity index (χ4n) is 2.07. The molecule has 0 spiro atoms. The van der Waals surface area contributed by atoms with Gasteiger partial charge in [-0.15, -0.1) is 13.2 Å². The molecular weight excluding hydrogens is 325 g/mol. The fourth-order valence-corrected chi connectivity index (χ4v) is 4.20. The molecule has 0 amide bonds. The lowest BCUT2D eigenvalue weighted by atomic mass is 10.1. The van der Waals surface area contributed by atoms with Gasteiger partial charge in [0, 0.05) is 17.9 Å². The molecule has 0 saturated heterocycles. The average molecular weight is 339 g/mol. The van der Waals surface area contributed by atoms with Crippen molar-refractivity contribution >= 4 is 20.6 Å². The topological polar surface area (TPSA) is 0 Å². The van der Waals surface area contributed by atoms with Crippen molar-refractivity contribution in [3.8, 4) is 0 Å². The summed E-state index contributed by atoms with van der Waals surface area (Å²) < 4.78 is 39.8. The number of fused-ring (bicyclic) bond motifs is 1. The largest absolute Gasteiger partial charge is 1.00 e. The van der Waals surface area contributed by atoms with Crippen LogP contribution in [0.3, 0.4) is 0 Å². The lowest BCUT2D eigenvalue weighted by molar-refractivity contribution is -0.0867. The van der Waals surface area contributed by atoms with Gasteiger partial charge in [0.1, 0.15) is 0 Å². The van der Waals surface area contributed by atoms with Gasteiger partial charge in [-0.25, -0.2) is 0 Å². The van der Waals surface area contributed by atoms with Crippen LogP contribution in [0.2, 0.25) is 0 Å². The van der Waals surface area contributed by atoms with Crippen molar-refractivity contribution in [2.24, 2.45) is 0 Å². The molecule has 0 saturated carbocycles. The minimum Gasteiger partial charge on any atom is -1.00 e. The van der Waals surface area contributed by atoms with Crippen LogP contribution in [0.4, 0.5) is 13.2 Å². The van der Waals surface area contributed by atoms with Gasteiger partial charge in [0.15, 0.2) is 9.58 Å². The predicted octanol–water partition coefficient (Wildman–Crippen LogP) is 2.33. The van der Waals surface area contributed by atoms with E-state index in [0.29, 0.717) is 16.0 Å². The summed E-state index contributed by atoms with van der Waals surface area (Å²) in [6, 6.07) is 6.92. The molecule has 1 aromatic carbocycles. The third-order valence-electron chi connectivity index (χ3n) is 2.80. The Morgan fingerprint density at radius 3 is 2.44 bits per heavy atom. The van der Waals surface area contributed by atoms with Gasteiger partial charge in [0.2, 0.25) is 0 Å². The quantitative estimate of drug-likeness (QED) is 0.737. The number of thiophene rings is 1. The van der Waals surface area contributed by atoms with E-state index in [1.165, 1.54) is 0 Å². The Bertz CT molecular complexity index is 543. The van der Waals surface area contributed by atoms with Crippen molar-refractivity contribution < 1.29 is 30.2 Å². The van der Waals surface area contributed by atoms with E-state index < -0.39 is 16.0 Å². The summed E-state index contributed by atoms with van der Waals surface area (Å²) in [7, 11) is -1.71. The highest BCUT2D eigenvalue weighted by Gasteiger charge is 2.47. The second kappa shape index (κ2) is 5.61. The van der Waals surface area contributed by atoms with Crippen LogP contribution in [0, 0.1) is 6.92 Å². The first kappa shape index (κ1) is 15.5. The second-order valence-electron chi connectivity index (χ2n) is 4.10. The molecule has 100 valence electrons. The predicted molar refractivity (Wildman–Crippen MR) is 66.5 cm³/mol. The maximum Gasteiger partial charge on any atom is 0.600 e. The van der Waals surface area contributed by atoms with E-state index in [4.69, 9.17) is 0 Å². The van der Waals surface area contributed by atoms with E-state index in [2.05, 4.69) is 0 Å². The Balaban J connectivity index is 0.00000162. The van der Waals surface area contributed by atoms with Crippen LogP contribution < -0.4 is 17.0 Å². The minimum atomic E-state index is -4.15. The van der Waals surface area contributed by atoms with Crippen LogP contribution >= 0.6 is 10.5 Å². The minimum absolute atomic E-state index is 0. The van der Waals surface area contributed by atoms with E-state index in [1.54, 1.807) is 18.2 Å². The number of alkyl halides is 3. The molecular formula is C13H14BrF3S. The van der Waals surface area contributed by atoms with Crippen molar-refractivity contribution in [3.05, 3.63) is 34.7 Å². The van der Waals surface area contributed by atoms with E-state index in [0.717, 1.165) is 17.4 Å². The summed E-state index contributed by atoms with van der Waals surface area (Å²) in [6.45, 7) is 3.77. The Morgan fingerprint density at radius 1 is 1.22 bits per heavy atom. The third-order valence-corrected chi connectivity index (χ3v) is 4.90. The van der Waals surface area contributed by atoms with Gasteiger partial charge in [0.25, 0.3) is 0 Å². The molecule has 0 N–H and O–H groups in total. The molecule has 1 heterocycles. The normalized spacial score (nSPS) is 12.6. The van der Waals surface area contributed by atoms with Crippen LogP contribution in [0.25, 0.3) is 10.1 Å². The van der Waals surface area contributed by atoms with Crippen molar-refractivity contribution in [3.63, 3.8) is 0 Å². The SMILES string of the molecule is CCCc1cc2c(C)cccc2[s+]1C(F)(F)F.[Br-]. The van der Waals surface area contributed by atoms with Gasteiger partial charge < -0.3 is 17.0 Å². The number of halogens is 4. The first-order chi connectivity index (χ1) is 7.95. The van der Waals surface area contributed by atoms with Gasteiger partial charge in [-0.3, -0.25) is 0 Å². The Kier molecular flexibility index (Phi) is 4.84. The Morgan fingerprint density at radius 2 is 1.89 bits per heavy atom. The van der Waals surface area contributed by atoms with Crippen LogP contribution in [0.1, 0.15) is 23.8 Å². The molecule has 2 rings (SSSR count). The molecule has 0 bridgehead atoms. The van der Waals surface area contributed by atoms with Gasteiger partial charge in [0.05, 0.1) is 10.5 Å². The zero-order valence-corrected chi connectivity index (χ0v) is 12.5. The molecule has 0 radical (unpaired) electrons. The highest BCUT2D eigenvalue weighted by molar-refractivity contribution is 7.38. The molecule has 0 aliphatic carbocycles. The van der Waals surface area contributed by atoms with E-state index in [9.17, 15) is 13.2 Å². The summed E-state index contributed by atoms with van der Waals surface area (Å²) in [6.07, 6.45) is 1.27. The highest BCUT2D eigenvalue weighted by Crippen LogP contribution is 2.51. The van der Waals surface area contributed by atoms with Crippen LogP contribution in [0.15, 0.2) is 24.3 Å². The molecule has 2 aromatic rings. The van der Waals surface area contributed by atoms with E-state index in [1.807, 2.05) is 19.9 Å². The summed E-state index contributed by atoms with van der Waals surface area (Å²) in [5.74, 6) is 0. The number of hydrogen-bond donors (Lipinski definition) is 0. The smallest absolute Gasteiger partial charge is 0.600 e. The van der Waals surface area contributed by atoms with E-state index in [-0.39, 0.29) is 17.0 Å². The Labute approximate surface area is 118 Å². The summed E-state index contributed by atoms with van der Waals surface area (Å²) >= 11 is 0. The maximum atomic E-state index is 13.1. The average Bonchev–Trinajstić information content (AvgIpc) is 2.57. The van der Waals surface area contributed by atoms with Gasteiger partial charge >= 0.3 is 5.51 Å². The first-order valence-corrected chi connectivity index (χ1v) is 6.79. The molecule has 18 heavy (non-hydrogen) atoms. The van der Waals surface area contributed by atoms with Gasteiger partial charge in [-0.2, -0.15) is 0 Å². The number of benzene rings is 1. The van der Waals surface area contributed by atoms with Crippen LogP contribution in [-0.4, -0.2) is 0 Å². The monoisotopic (exact) mass is 338 g/mol. The third kappa shape index (κ3) is 2.72. The number of hydrogen-bond acceptors (Lipinski definition) is 0. The zero-order valence-electron chi connectivity index (χ0n) is 10.1. The van der Waals surface area contributed by atoms with Crippen molar-refractivity contribution in [1.82, 2.24) is 0 Å². The van der Waals surface area contributed by atoms with Crippen molar-refractivity contribution in [1.29, 1.82) is 0 Å². The number of aryl methyl sites for hydroxylation is 2. The summed E-state index contributed by atoms with van der Waals surface area (Å²) in [5.41, 5.74) is -3.23. The second-order valence-corrected chi connectivity index (χ2v) is 6.14. The fraction of sp³-hybridized carbons (Fsp3) is 0.385. The van der Waals surface area contributed by atoms with Crippen LogP contribution in [0.5, 0.6) is 0 Å². The molecule has 0 fully saturated rings. The maximum absolute atomic E-state index is 13.1. The molecule has 1 atom stereocenters. The van der Waals surface area contributed by atoms with Gasteiger partial charge in [-0.1, -0.05) is 19.1 Å². The molecule has 0 aliphatic rings. The summed E-state index contributed by atoms with van der Waals surface area (Å²) in [4.78, 5) is 0.532. The highest BCUT2D eigenvalue weighted by atomic mass is 79.9. The van der Waals surface area contributed by atoms with Crippen molar-refractivity contribution in [2.45, 2.75) is 32.2 Å². The molecule has 5 heteroatoms. The number of rotatable bonds is 2. The van der Waals surface area contributed by atoms with Crippen LogP contribution in [-0.2, 0) is 11.9 Å². The lowest BCUT2D eigenvalue weighted by Gasteiger charge is -1.99. The molecule has 1 aromatic heterocycles. The Hall–Kier alpha value is -0.550. The van der Waals surface area contributed by atoms with Crippen molar-refractivity contribution in [2.75, 3.05) is 0 Å². The standard InChI is InChI=1S/C13H14F3S.BrH/c1-3-5-10-8-11-9(2)6-4-7-12(11)17(10)13(14,15)16;/h4,6-8H,3,5H2,1-2H3;1H/q+1;/p-1. The lowest BCUT2D eigenvalue weighted by Crippen LogP contribution is -3.00. The molecule has 0 nitrogen and oxygen atoms in total. The van der Waals surface area contributed by atoms with E-state index >= 15 is 0 Å². The van der Waals surface area contributed by atoms with Gasteiger partial charge in [-0.05, 0) is 25.0 Å².